The van der Waals surface area contributed by atoms with Crippen molar-refractivity contribution >= 4 is 23.2 Å². The lowest BCUT2D eigenvalue weighted by Crippen LogP contribution is -2.20. The number of carbonyl (C=O) groups is 2. The standard InChI is InChI=1S/C24H22F2N2O6/c1-31-19-5-3-4-16(12-19)27-22(29)14-33-18-9-6-15(7-10-18)23(30)28-17-8-11-20(32-2)21(13-17)34-24(25)26/h3-13,24H,14H2,1-2H3,(H,27,29)(H,28,30). The number of benzene rings is 3. The van der Waals surface area contributed by atoms with E-state index in [9.17, 15) is 18.4 Å². The van der Waals surface area contributed by atoms with Crippen LogP contribution in [0.4, 0.5) is 20.2 Å². The highest BCUT2D eigenvalue weighted by Gasteiger charge is 2.13. The second-order valence-electron chi connectivity index (χ2n) is 6.79. The summed E-state index contributed by atoms with van der Waals surface area (Å²) in [7, 11) is 2.85. The second-order valence-corrected chi connectivity index (χ2v) is 6.79. The molecule has 178 valence electrons. The van der Waals surface area contributed by atoms with E-state index in [-0.39, 0.29) is 29.7 Å². The molecule has 0 aliphatic heterocycles. The van der Waals surface area contributed by atoms with E-state index in [1.54, 1.807) is 24.3 Å². The van der Waals surface area contributed by atoms with Crippen molar-refractivity contribution in [3.05, 3.63) is 72.3 Å². The number of anilines is 2. The molecule has 0 aromatic heterocycles. The highest BCUT2D eigenvalue weighted by molar-refractivity contribution is 6.04. The predicted octanol–water partition coefficient (Wildman–Crippen LogP) is 4.58. The number of alkyl halides is 2. The van der Waals surface area contributed by atoms with Crippen molar-refractivity contribution in [2.24, 2.45) is 0 Å². The molecule has 0 saturated carbocycles. The van der Waals surface area contributed by atoms with Crippen molar-refractivity contribution in [3.63, 3.8) is 0 Å². The molecule has 10 heteroatoms. The molecule has 0 unspecified atom stereocenters. The van der Waals surface area contributed by atoms with Gasteiger partial charge < -0.3 is 29.6 Å². The van der Waals surface area contributed by atoms with Crippen molar-refractivity contribution in [2.45, 2.75) is 6.61 Å². The zero-order chi connectivity index (χ0) is 24.5. The van der Waals surface area contributed by atoms with E-state index < -0.39 is 12.5 Å². The lowest BCUT2D eigenvalue weighted by molar-refractivity contribution is -0.118. The number of hydrogen-bond donors (Lipinski definition) is 2. The Kier molecular flexibility index (Phi) is 8.22. The molecule has 0 aliphatic carbocycles. The Morgan fingerprint density at radius 2 is 1.56 bits per heavy atom. The Balaban J connectivity index is 1.55. The first-order valence-corrected chi connectivity index (χ1v) is 9.99. The first-order chi connectivity index (χ1) is 16.4. The van der Waals surface area contributed by atoms with Gasteiger partial charge in [-0.25, -0.2) is 0 Å². The summed E-state index contributed by atoms with van der Waals surface area (Å²) >= 11 is 0. The molecule has 34 heavy (non-hydrogen) atoms. The van der Waals surface area contributed by atoms with E-state index in [2.05, 4.69) is 15.4 Å². The Labute approximate surface area is 194 Å². The minimum absolute atomic E-state index is 0.107. The average Bonchev–Trinajstić information content (AvgIpc) is 2.83. The van der Waals surface area contributed by atoms with E-state index in [0.717, 1.165) is 0 Å². The van der Waals surface area contributed by atoms with Crippen LogP contribution >= 0.6 is 0 Å². The Hall–Kier alpha value is -4.34. The molecule has 0 bridgehead atoms. The van der Waals surface area contributed by atoms with Crippen LogP contribution in [0.2, 0.25) is 0 Å². The number of nitrogens with one attached hydrogen (secondary N) is 2. The Bertz CT molecular complexity index is 1140. The molecule has 0 atom stereocenters. The van der Waals surface area contributed by atoms with Gasteiger partial charge in [-0.15, -0.1) is 0 Å². The number of rotatable bonds is 10. The number of methoxy groups -OCH3 is 2. The predicted molar refractivity (Wildman–Crippen MR) is 121 cm³/mol. The van der Waals surface area contributed by atoms with E-state index >= 15 is 0 Å². The van der Waals surface area contributed by atoms with Crippen molar-refractivity contribution in [2.75, 3.05) is 31.5 Å². The van der Waals surface area contributed by atoms with Gasteiger partial charge in [-0.05, 0) is 48.5 Å². The van der Waals surface area contributed by atoms with Gasteiger partial charge in [0, 0.05) is 29.1 Å². The van der Waals surface area contributed by atoms with E-state index in [4.69, 9.17) is 14.2 Å². The SMILES string of the molecule is COc1cccc(NC(=O)COc2ccc(C(=O)Nc3ccc(OC)c(OC(F)F)c3)cc2)c1. The van der Waals surface area contributed by atoms with Gasteiger partial charge in [0.05, 0.1) is 14.2 Å². The highest BCUT2D eigenvalue weighted by Crippen LogP contribution is 2.31. The molecular formula is C24H22F2N2O6. The number of ether oxygens (including phenoxy) is 4. The van der Waals surface area contributed by atoms with Gasteiger partial charge in [-0.1, -0.05) is 6.07 Å². The maximum absolute atomic E-state index is 12.6. The summed E-state index contributed by atoms with van der Waals surface area (Å²) in [5, 5.41) is 5.29. The fourth-order valence-electron chi connectivity index (χ4n) is 2.90. The third-order valence-electron chi connectivity index (χ3n) is 4.48. The molecule has 2 amide bonds. The fraction of sp³-hybridized carbons (Fsp3) is 0.167. The van der Waals surface area contributed by atoms with Crippen LogP contribution in [-0.2, 0) is 4.79 Å². The zero-order valence-corrected chi connectivity index (χ0v) is 18.3. The van der Waals surface area contributed by atoms with Crippen LogP contribution < -0.4 is 29.6 Å². The summed E-state index contributed by atoms with van der Waals surface area (Å²) < 4.78 is 45.1. The van der Waals surface area contributed by atoms with Crippen molar-refractivity contribution < 1.29 is 37.3 Å². The number of amides is 2. The minimum atomic E-state index is -3.04. The molecule has 3 aromatic carbocycles. The number of halogens is 2. The molecule has 0 fully saturated rings. The van der Waals surface area contributed by atoms with Gasteiger partial charge in [0.15, 0.2) is 18.1 Å². The zero-order valence-electron chi connectivity index (χ0n) is 18.3. The van der Waals surface area contributed by atoms with E-state index in [1.807, 2.05) is 0 Å². The molecule has 0 radical (unpaired) electrons. The summed E-state index contributed by atoms with van der Waals surface area (Å²) in [5.74, 6) is 0.0581. The summed E-state index contributed by atoms with van der Waals surface area (Å²) in [5.41, 5.74) is 1.11. The molecule has 3 aromatic rings. The van der Waals surface area contributed by atoms with E-state index in [0.29, 0.717) is 22.7 Å². The minimum Gasteiger partial charge on any atom is -0.497 e. The molecule has 0 aliphatic rings. The van der Waals surface area contributed by atoms with Gasteiger partial charge in [0.2, 0.25) is 0 Å². The van der Waals surface area contributed by atoms with Crippen molar-refractivity contribution in [3.8, 4) is 23.0 Å². The summed E-state index contributed by atoms with van der Waals surface area (Å²) in [4.78, 5) is 24.6. The lowest BCUT2D eigenvalue weighted by Gasteiger charge is -2.12. The van der Waals surface area contributed by atoms with Gasteiger partial charge >= 0.3 is 6.61 Å². The van der Waals surface area contributed by atoms with Gasteiger partial charge in [-0.3, -0.25) is 9.59 Å². The van der Waals surface area contributed by atoms with Gasteiger partial charge in [0.1, 0.15) is 11.5 Å². The normalized spacial score (nSPS) is 10.4. The molecule has 0 heterocycles. The van der Waals surface area contributed by atoms with Crippen LogP contribution in [0, 0.1) is 0 Å². The number of carbonyl (C=O) groups excluding carboxylic acids is 2. The monoisotopic (exact) mass is 472 g/mol. The highest BCUT2D eigenvalue weighted by atomic mass is 19.3. The quantitative estimate of drug-likeness (QED) is 0.449. The first-order valence-electron chi connectivity index (χ1n) is 9.99. The van der Waals surface area contributed by atoms with Crippen molar-refractivity contribution in [1.29, 1.82) is 0 Å². The van der Waals surface area contributed by atoms with Crippen LogP contribution in [-0.4, -0.2) is 39.3 Å². The van der Waals surface area contributed by atoms with Crippen LogP contribution in [0.1, 0.15) is 10.4 Å². The molecule has 2 N–H and O–H groups in total. The third-order valence-corrected chi connectivity index (χ3v) is 4.48. The molecule has 0 spiro atoms. The maximum Gasteiger partial charge on any atom is 0.387 e. The smallest absolute Gasteiger partial charge is 0.387 e. The average molecular weight is 472 g/mol. The van der Waals surface area contributed by atoms with Crippen LogP contribution in [0.5, 0.6) is 23.0 Å². The van der Waals surface area contributed by atoms with E-state index in [1.165, 1.54) is 56.7 Å². The molecule has 8 nitrogen and oxygen atoms in total. The molecule has 0 saturated heterocycles. The summed E-state index contributed by atoms with van der Waals surface area (Å²) in [6.45, 7) is -3.27. The maximum atomic E-state index is 12.6. The molecule has 3 rings (SSSR count). The Morgan fingerprint density at radius 3 is 2.24 bits per heavy atom. The van der Waals surface area contributed by atoms with Crippen molar-refractivity contribution in [1.82, 2.24) is 0 Å². The van der Waals surface area contributed by atoms with Crippen LogP contribution in [0.25, 0.3) is 0 Å². The fourth-order valence-corrected chi connectivity index (χ4v) is 2.90. The second kappa shape index (κ2) is 11.5. The topological polar surface area (TPSA) is 95.1 Å². The summed E-state index contributed by atoms with van der Waals surface area (Å²) in [6, 6.07) is 17.1. The lowest BCUT2D eigenvalue weighted by atomic mass is 10.2. The molecular weight excluding hydrogens is 450 g/mol. The van der Waals surface area contributed by atoms with Crippen LogP contribution in [0.3, 0.4) is 0 Å². The summed E-state index contributed by atoms with van der Waals surface area (Å²) in [6.07, 6.45) is 0. The first kappa shape index (κ1) is 24.3. The van der Waals surface area contributed by atoms with Gasteiger partial charge in [0.25, 0.3) is 11.8 Å². The largest absolute Gasteiger partial charge is 0.497 e. The van der Waals surface area contributed by atoms with Crippen LogP contribution in [0.15, 0.2) is 66.7 Å². The third kappa shape index (κ3) is 6.83. The Morgan fingerprint density at radius 1 is 0.824 bits per heavy atom. The number of hydrogen-bond acceptors (Lipinski definition) is 6. The van der Waals surface area contributed by atoms with Gasteiger partial charge in [-0.2, -0.15) is 8.78 Å².